The third kappa shape index (κ3) is 2.48. The number of aliphatic hydroxyl groups excluding tert-OH is 1. The molecule has 0 aromatic heterocycles. The predicted molar refractivity (Wildman–Crippen MR) is 101 cm³/mol. The number of fused-ring (bicyclic) bond motifs is 3. The van der Waals surface area contributed by atoms with E-state index in [4.69, 9.17) is 0 Å². The number of amides is 2. The molecule has 2 fully saturated rings. The number of nitrogens with zero attached hydrogens (tertiary/aromatic N) is 2. The van der Waals surface area contributed by atoms with Crippen molar-refractivity contribution in [3.05, 3.63) is 65.5 Å². The maximum absolute atomic E-state index is 14.2. The summed E-state index contributed by atoms with van der Waals surface area (Å²) in [5, 5.41) is 9.99. The minimum Gasteiger partial charge on any atom is -0.394 e. The van der Waals surface area contributed by atoms with Gasteiger partial charge in [0.15, 0.2) is 0 Å². The minimum atomic E-state index is -0.574. The number of aliphatic hydroxyl groups is 1. The van der Waals surface area contributed by atoms with Gasteiger partial charge in [0.1, 0.15) is 5.82 Å². The largest absolute Gasteiger partial charge is 0.394 e. The summed E-state index contributed by atoms with van der Waals surface area (Å²) in [6, 6.07) is 12.9. The smallest absolute Gasteiger partial charge is 0.257 e. The van der Waals surface area contributed by atoms with E-state index in [2.05, 4.69) is 0 Å². The zero-order chi connectivity index (χ0) is 19.4. The standard InChI is InChI=1S/C22H21FN2O3/c23-16-7-3-1-5-14(16)22(28)25-18-11-24(21(27)13-9-10-13)17-8-4-2-6-15(17)20(18)19(25)12-26/h1-8,13,18-20,26H,9-12H2/t18-,19-,20+/m1/s1. The van der Waals surface area contributed by atoms with Gasteiger partial charge in [0.25, 0.3) is 5.91 Å². The van der Waals surface area contributed by atoms with Gasteiger partial charge >= 0.3 is 0 Å². The number of rotatable bonds is 3. The first-order valence-electron chi connectivity index (χ1n) is 9.70. The summed E-state index contributed by atoms with van der Waals surface area (Å²) < 4.78 is 14.2. The Morgan fingerprint density at radius 3 is 2.50 bits per heavy atom. The van der Waals surface area contributed by atoms with Gasteiger partial charge in [0, 0.05) is 24.1 Å². The molecule has 3 aliphatic rings. The number of hydrogen-bond donors (Lipinski definition) is 1. The molecular formula is C22H21FN2O3. The molecule has 0 bridgehead atoms. The first-order valence-corrected chi connectivity index (χ1v) is 9.70. The van der Waals surface area contributed by atoms with Crippen LogP contribution in [0.5, 0.6) is 0 Å². The van der Waals surface area contributed by atoms with Crippen molar-refractivity contribution in [1.29, 1.82) is 0 Å². The van der Waals surface area contributed by atoms with Crippen LogP contribution in [0.15, 0.2) is 48.5 Å². The van der Waals surface area contributed by atoms with E-state index in [1.807, 2.05) is 24.3 Å². The van der Waals surface area contributed by atoms with E-state index in [0.29, 0.717) is 6.54 Å². The van der Waals surface area contributed by atoms with Gasteiger partial charge in [0.05, 0.1) is 24.3 Å². The van der Waals surface area contributed by atoms with E-state index in [9.17, 15) is 19.1 Å². The lowest BCUT2D eigenvalue weighted by atomic mass is 9.71. The van der Waals surface area contributed by atoms with Crippen molar-refractivity contribution in [2.45, 2.75) is 30.8 Å². The molecule has 2 aromatic rings. The van der Waals surface area contributed by atoms with Gasteiger partial charge in [0.2, 0.25) is 5.91 Å². The zero-order valence-electron chi connectivity index (χ0n) is 15.3. The normalized spacial score (nSPS) is 25.6. The van der Waals surface area contributed by atoms with E-state index in [0.717, 1.165) is 24.1 Å². The molecule has 0 unspecified atom stereocenters. The third-order valence-electron chi connectivity index (χ3n) is 6.22. The number of carbonyl (C=O) groups is 2. The Morgan fingerprint density at radius 2 is 1.79 bits per heavy atom. The van der Waals surface area contributed by atoms with Crippen molar-refractivity contribution >= 4 is 17.5 Å². The van der Waals surface area contributed by atoms with E-state index in [-0.39, 0.29) is 36.0 Å². The van der Waals surface area contributed by atoms with Crippen LogP contribution in [0.2, 0.25) is 0 Å². The lowest BCUT2D eigenvalue weighted by Gasteiger charge is -2.59. The molecule has 5 rings (SSSR count). The molecule has 2 amide bonds. The molecular weight excluding hydrogens is 359 g/mol. The van der Waals surface area contributed by atoms with Gasteiger partial charge in [-0.1, -0.05) is 30.3 Å². The molecule has 1 saturated carbocycles. The van der Waals surface area contributed by atoms with Crippen LogP contribution in [-0.4, -0.2) is 47.1 Å². The maximum Gasteiger partial charge on any atom is 0.257 e. The zero-order valence-corrected chi connectivity index (χ0v) is 15.3. The van der Waals surface area contributed by atoms with Gasteiger partial charge in [-0.3, -0.25) is 9.59 Å². The van der Waals surface area contributed by atoms with Crippen molar-refractivity contribution in [2.75, 3.05) is 18.1 Å². The van der Waals surface area contributed by atoms with Crippen LogP contribution in [0.1, 0.15) is 34.7 Å². The Bertz CT molecular complexity index is 958. The molecule has 0 spiro atoms. The summed E-state index contributed by atoms with van der Waals surface area (Å²) in [7, 11) is 0. The molecule has 0 radical (unpaired) electrons. The maximum atomic E-state index is 14.2. The summed E-state index contributed by atoms with van der Waals surface area (Å²) in [5.41, 5.74) is 1.85. The molecule has 144 valence electrons. The van der Waals surface area contributed by atoms with Crippen molar-refractivity contribution in [3.63, 3.8) is 0 Å². The number of hydrogen-bond acceptors (Lipinski definition) is 3. The van der Waals surface area contributed by atoms with Crippen LogP contribution in [0.3, 0.4) is 0 Å². The Kier molecular flexibility index (Phi) is 3.98. The first kappa shape index (κ1) is 17.4. The fourth-order valence-corrected chi connectivity index (χ4v) is 4.70. The summed E-state index contributed by atoms with van der Waals surface area (Å²) in [6.45, 7) is 0.181. The number of likely N-dealkylation sites (tertiary alicyclic amines) is 1. The quantitative estimate of drug-likeness (QED) is 0.890. The molecule has 1 aliphatic carbocycles. The number of para-hydroxylation sites is 1. The molecule has 28 heavy (non-hydrogen) atoms. The van der Waals surface area contributed by atoms with Crippen LogP contribution < -0.4 is 4.90 Å². The summed E-state index contributed by atoms with van der Waals surface area (Å²) in [6.07, 6.45) is 1.81. The average molecular weight is 380 g/mol. The van der Waals surface area contributed by atoms with Crippen LogP contribution in [-0.2, 0) is 4.79 Å². The van der Waals surface area contributed by atoms with Gasteiger partial charge in [-0.15, -0.1) is 0 Å². The Morgan fingerprint density at radius 1 is 1.07 bits per heavy atom. The van der Waals surface area contributed by atoms with Crippen molar-refractivity contribution in [2.24, 2.45) is 5.92 Å². The van der Waals surface area contributed by atoms with Gasteiger partial charge < -0.3 is 14.9 Å². The number of halogens is 1. The average Bonchev–Trinajstić information content (AvgIpc) is 3.53. The Hall–Kier alpha value is -2.73. The van der Waals surface area contributed by atoms with Gasteiger partial charge in [-0.05, 0) is 36.6 Å². The van der Waals surface area contributed by atoms with Crippen molar-refractivity contribution in [3.8, 4) is 0 Å². The summed E-state index contributed by atoms with van der Waals surface area (Å²) in [5.74, 6) is -0.905. The van der Waals surface area contributed by atoms with Gasteiger partial charge in [-0.2, -0.15) is 0 Å². The second-order valence-corrected chi connectivity index (χ2v) is 7.82. The monoisotopic (exact) mass is 380 g/mol. The second-order valence-electron chi connectivity index (χ2n) is 7.82. The SMILES string of the molecule is O=C(C1CC1)N1C[C@@H]2[C@H](c3ccccc31)[C@@H](CO)N2C(=O)c1ccccc1F. The molecule has 1 saturated heterocycles. The van der Waals surface area contributed by atoms with E-state index in [1.54, 1.807) is 21.9 Å². The molecule has 2 aromatic carbocycles. The minimum absolute atomic E-state index is 0.00155. The summed E-state index contributed by atoms with van der Waals surface area (Å²) >= 11 is 0. The van der Waals surface area contributed by atoms with E-state index >= 15 is 0 Å². The molecule has 2 heterocycles. The highest BCUT2D eigenvalue weighted by molar-refractivity contribution is 6.00. The fraction of sp³-hybridized carbons (Fsp3) is 0.364. The molecule has 1 N–H and O–H groups in total. The predicted octanol–water partition coefficient (Wildman–Crippen LogP) is 2.55. The highest BCUT2D eigenvalue weighted by Crippen LogP contribution is 2.49. The van der Waals surface area contributed by atoms with Crippen LogP contribution in [0.4, 0.5) is 10.1 Å². The fourth-order valence-electron chi connectivity index (χ4n) is 4.70. The summed E-state index contributed by atoms with van der Waals surface area (Å²) in [4.78, 5) is 29.3. The van der Waals surface area contributed by atoms with Crippen LogP contribution in [0.25, 0.3) is 0 Å². The molecule has 5 nitrogen and oxygen atoms in total. The molecule has 2 aliphatic heterocycles. The Balaban J connectivity index is 1.53. The highest BCUT2D eigenvalue weighted by Gasteiger charge is 2.56. The first-order chi connectivity index (χ1) is 13.6. The number of anilines is 1. The molecule has 6 heteroatoms. The van der Waals surface area contributed by atoms with Crippen molar-refractivity contribution in [1.82, 2.24) is 4.90 Å². The lowest BCUT2D eigenvalue weighted by Crippen LogP contribution is -2.70. The van der Waals surface area contributed by atoms with Crippen LogP contribution in [0, 0.1) is 11.7 Å². The number of benzene rings is 2. The highest BCUT2D eigenvalue weighted by atomic mass is 19.1. The van der Waals surface area contributed by atoms with Crippen LogP contribution >= 0.6 is 0 Å². The van der Waals surface area contributed by atoms with E-state index < -0.39 is 17.8 Å². The lowest BCUT2D eigenvalue weighted by molar-refractivity contribution is -0.120. The van der Waals surface area contributed by atoms with Gasteiger partial charge in [-0.25, -0.2) is 4.39 Å². The topological polar surface area (TPSA) is 60.9 Å². The molecule has 3 atom stereocenters. The van der Waals surface area contributed by atoms with E-state index in [1.165, 1.54) is 12.1 Å². The Labute approximate surface area is 162 Å². The number of carbonyl (C=O) groups excluding carboxylic acids is 2. The second kappa shape index (κ2) is 6.41. The third-order valence-corrected chi connectivity index (χ3v) is 6.22. The van der Waals surface area contributed by atoms with Crippen molar-refractivity contribution < 1.29 is 19.1 Å².